The fourth-order valence-electron chi connectivity index (χ4n) is 1.32. The Bertz CT molecular complexity index is 418. The van der Waals surface area contributed by atoms with E-state index in [9.17, 15) is 9.59 Å². The zero-order valence-electron chi connectivity index (χ0n) is 9.98. The molecule has 0 spiro atoms. The fourth-order valence-corrected chi connectivity index (χ4v) is 2.14. The number of thiazole rings is 1. The van der Waals surface area contributed by atoms with Gasteiger partial charge in [-0.25, -0.2) is 9.78 Å². The summed E-state index contributed by atoms with van der Waals surface area (Å²) in [6, 6.07) is -1.41. The first-order valence-electron chi connectivity index (χ1n) is 5.18. The highest BCUT2D eigenvalue weighted by atomic mass is 32.1. The summed E-state index contributed by atoms with van der Waals surface area (Å²) in [6.07, 6.45) is 0. The fraction of sp³-hybridized carbons (Fsp3) is 0.500. The van der Waals surface area contributed by atoms with E-state index in [-0.39, 0.29) is 6.04 Å². The van der Waals surface area contributed by atoms with Gasteiger partial charge < -0.3 is 5.73 Å². The lowest BCUT2D eigenvalue weighted by atomic mass is 10.2. The van der Waals surface area contributed by atoms with Crippen LogP contribution in [-0.4, -0.2) is 23.0 Å². The number of amides is 3. The first kappa shape index (κ1) is 13.6. The molecular weight excluding hydrogens is 240 g/mol. The Balaban J connectivity index is 2.53. The molecule has 0 radical (unpaired) electrons. The number of carbonyl (C=O) groups excluding carboxylic acids is 2. The van der Waals surface area contributed by atoms with Crippen molar-refractivity contribution in [3.63, 3.8) is 0 Å². The van der Waals surface area contributed by atoms with Crippen LogP contribution in [0.3, 0.4) is 0 Å². The monoisotopic (exact) mass is 256 g/mol. The molecule has 1 aromatic heterocycles. The highest BCUT2D eigenvalue weighted by Crippen LogP contribution is 2.17. The second kappa shape index (κ2) is 5.74. The zero-order valence-corrected chi connectivity index (χ0v) is 10.8. The topological polar surface area (TPSA) is 97.1 Å². The summed E-state index contributed by atoms with van der Waals surface area (Å²) in [5, 5.41) is 7.92. The van der Waals surface area contributed by atoms with Crippen molar-refractivity contribution in [1.29, 1.82) is 0 Å². The summed E-state index contributed by atoms with van der Waals surface area (Å²) in [5.74, 6) is -0.447. The van der Waals surface area contributed by atoms with Crippen LogP contribution in [0.1, 0.15) is 30.6 Å². The Labute approximate surface area is 104 Å². The number of nitrogens with zero attached hydrogens (tertiary/aromatic N) is 1. The van der Waals surface area contributed by atoms with Gasteiger partial charge in [0, 0.05) is 11.1 Å². The Morgan fingerprint density at radius 2 is 2.12 bits per heavy atom. The maximum atomic E-state index is 11.4. The molecule has 0 fully saturated rings. The Kier molecular flexibility index (Phi) is 4.59. The molecule has 17 heavy (non-hydrogen) atoms. The maximum Gasteiger partial charge on any atom is 0.318 e. The van der Waals surface area contributed by atoms with Crippen LogP contribution in [-0.2, 0) is 4.79 Å². The number of hydrogen-bond acceptors (Lipinski definition) is 5. The minimum atomic E-state index is -0.846. The van der Waals surface area contributed by atoms with Gasteiger partial charge in [-0.15, -0.1) is 11.3 Å². The minimum absolute atomic E-state index is 0.0534. The van der Waals surface area contributed by atoms with E-state index in [4.69, 9.17) is 5.73 Å². The van der Waals surface area contributed by atoms with Gasteiger partial charge in [-0.3, -0.25) is 15.4 Å². The highest BCUT2D eigenvalue weighted by molar-refractivity contribution is 7.09. The van der Waals surface area contributed by atoms with Crippen molar-refractivity contribution in [3.8, 4) is 0 Å². The van der Waals surface area contributed by atoms with E-state index in [1.54, 1.807) is 6.92 Å². The molecule has 0 bridgehead atoms. The molecule has 7 heteroatoms. The molecule has 0 saturated heterocycles. The average molecular weight is 256 g/mol. The predicted octanol–water partition coefficient (Wildman–Crippen LogP) is 0.686. The molecule has 0 aliphatic heterocycles. The van der Waals surface area contributed by atoms with Crippen molar-refractivity contribution >= 4 is 23.3 Å². The Hall–Kier alpha value is -1.47. The highest BCUT2D eigenvalue weighted by Gasteiger charge is 2.18. The maximum absolute atomic E-state index is 11.4. The van der Waals surface area contributed by atoms with Gasteiger partial charge in [0.15, 0.2) is 0 Å². The molecule has 1 heterocycles. The third kappa shape index (κ3) is 4.12. The molecule has 94 valence electrons. The lowest BCUT2D eigenvalue weighted by Crippen LogP contribution is -2.47. The van der Waals surface area contributed by atoms with Crippen molar-refractivity contribution in [1.82, 2.24) is 15.6 Å². The minimum Gasteiger partial charge on any atom is -0.351 e. The molecule has 1 aromatic rings. The number of aryl methyl sites for hydroxylation is 1. The quantitative estimate of drug-likeness (QED) is 0.738. The largest absolute Gasteiger partial charge is 0.351 e. The van der Waals surface area contributed by atoms with Gasteiger partial charge in [0.05, 0.1) is 12.1 Å². The van der Waals surface area contributed by atoms with E-state index >= 15 is 0 Å². The van der Waals surface area contributed by atoms with Crippen LogP contribution in [0.5, 0.6) is 0 Å². The predicted molar refractivity (Wildman–Crippen MR) is 65.6 cm³/mol. The summed E-state index contributed by atoms with van der Waals surface area (Å²) in [6.45, 7) is 5.48. The number of imide groups is 1. The van der Waals surface area contributed by atoms with Crippen molar-refractivity contribution in [2.75, 3.05) is 0 Å². The van der Waals surface area contributed by atoms with Crippen LogP contribution >= 0.6 is 11.3 Å². The summed E-state index contributed by atoms with van der Waals surface area (Å²) in [7, 11) is 0. The number of urea groups is 1. The van der Waals surface area contributed by atoms with Crippen LogP contribution in [0.25, 0.3) is 0 Å². The molecule has 2 unspecified atom stereocenters. The normalized spacial score (nSPS) is 14.1. The van der Waals surface area contributed by atoms with E-state index < -0.39 is 18.0 Å². The van der Waals surface area contributed by atoms with Gasteiger partial charge in [-0.05, 0) is 20.8 Å². The third-order valence-corrected chi connectivity index (χ3v) is 3.29. The SMILES string of the molecule is Cc1csc(C(C)NC(C)C(=O)NC(N)=O)n1. The summed E-state index contributed by atoms with van der Waals surface area (Å²) < 4.78 is 0. The van der Waals surface area contributed by atoms with Gasteiger partial charge in [0.1, 0.15) is 5.01 Å². The molecule has 1 rings (SSSR count). The average Bonchev–Trinajstić information content (AvgIpc) is 2.63. The molecule has 0 aromatic carbocycles. The van der Waals surface area contributed by atoms with Crippen LogP contribution in [0.4, 0.5) is 4.79 Å². The molecule has 6 nitrogen and oxygen atoms in total. The first-order valence-corrected chi connectivity index (χ1v) is 6.06. The van der Waals surface area contributed by atoms with E-state index in [0.717, 1.165) is 10.7 Å². The van der Waals surface area contributed by atoms with Crippen molar-refractivity contribution in [2.24, 2.45) is 5.73 Å². The number of rotatable bonds is 4. The second-order valence-electron chi connectivity index (χ2n) is 3.79. The van der Waals surface area contributed by atoms with Crippen molar-refractivity contribution in [3.05, 3.63) is 16.1 Å². The van der Waals surface area contributed by atoms with Crippen LogP contribution in [0.15, 0.2) is 5.38 Å². The Morgan fingerprint density at radius 1 is 1.47 bits per heavy atom. The molecule has 0 aliphatic carbocycles. The van der Waals surface area contributed by atoms with Crippen LogP contribution < -0.4 is 16.4 Å². The van der Waals surface area contributed by atoms with Crippen LogP contribution in [0.2, 0.25) is 0 Å². The molecule has 4 N–H and O–H groups in total. The Morgan fingerprint density at radius 3 is 2.59 bits per heavy atom. The van der Waals surface area contributed by atoms with E-state index in [0.29, 0.717) is 0 Å². The molecule has 2 atom stereocenters. The molecule has 0 saturated carbocycles. The number of hydrogen-bond donors (Lipinski definition) is 3. The molecule has 0 aliphatic rings. The standard InChI is InChI=1S/C10H16N4O2S/c1-5-4-17-9(12-5)7(3)13-6(2)8(15)14-10(11)16/h4,6-7,13H,1-3H3,(H3,11,14,15,16). The van der Waals surface area contributed by atoms with E-state index in [1.165, 1.54) is 11.3 Å². The van der Waals surface area contributed by atoms with Gasteiger partial charge >= 0.3 is 6.03 Å². The van der Waals surface area contributed by atoms with E-state index in [1.807, 2.05) is 24.5 Å². The number of nitrogens with two attached hydrogens (primary N) is 1. The van der Waals surface area contributed by atoms with Crippen LogP contribution in [0, 0.1) is 6.92 Å². The molecular formula is C10H16N4O2S. The zero-order chi connectivity index (χ0) is 13.0. The summed E-state index contributed by atoms with van der Waals surface area (Å²) in [4.78, 5) is 26.3. The summed E-state index contributed by atoms with van der Waals surface area (Å²) >= 11 is 1.53. The lowest BCUT2D eigenvalue weighted by molar-refractivity contribution is -0.121. The second-order valence-corrected chi connectivity index (χ2v) is 4.68. The van der Waals surface area contributed by atoms with Gasteiger partial charge in [0.2, 0.25) is 5.91 Å². The summed E-state index contributed by atoms with van der Waals surface area (Å²) in [5.41, 5.74) is 5.82. The van der Waals surface area contributed by atoms with Gasteiger partial charge in [-0.1, -0.05) is 0 Å². The van der Waals surface area contributed by atoms with Gasteiger partial charge in [-0.2, -0.15) is 0 Å². The van der Waals surface area contributed by atoms with Crippen molar-refractivity contribution < 1.29 is 9.59 Å². The van der Waals surface area contributed by atoms with Crippen molar-refractivity contribution in [2.45, 2.75) is 32.9 Å². The lowest BCUT2D eigenvalue weighted by Gasteiger charge is -2.17. The third-order valence-electron chi connectivity index (χ3n) is 2.15. The van der Waals surface area contributed by atoms with Gasteiger partial charge in [0.25, 0.3) is 0 Å². The van der Waals surface area contributed by atoms with E-state index in [2.05, 4.69) is 10.3 Å². The number of primary amides is 1. The smallest absolute Gasteiger partial charge is 0.318 e. The first-order chi connectivity index (χ1) is 7.90. The number of carbonyl (C=O) groups is 2. The number of aromatic nitrogens is 1. The molecule has 3 amide bonds. The number of nitrogens with one attached hydrogen (secondary N) is 2.